The molecule has 0 bridgehead atoms. The van der Waals surface area contributed by atoms with E-state index in [-0.39, 0.29) is 17.6 Å². The number of nitrogens with zero attached hydrogens (tertiary/aromatic N) is 5. The molecule has 0 aromatic carbocycles. The van der Waals surface area contributed by atoms with Gasteiger partial charge in [-0.15, -0.1) is 0 Å². The Morgan fingerprint density at radius 3 is 2.66 bits per heavy atom. The molecule has 0 spiro atoms. The lowest BCUT2D eigenvalue weighted by Crippen LogP contribution is -2.49. The molecule has 0 unspecified atom stereocenters. The van der Waals surface area contributed by atoms with Crippen LogP contribution in [0, 0.1) is 6.92 Å². The number of ether oxygens (including phenoxy) is 2. The predicted molar refractivity (Wildman–Crippen MR) is 139 cm³/mol. The van der Waals surface area contributed by atoms with Crippen LogP contribution < -0.4 is 10.5 Å². The van der Waals surface area contributed by atoms with Gasteiger partial charge in [0.05, 0.1) is 30.2 Å². The van der Waals surface area contributed by atoms with Gasteiger partial charge in [0.25, 0.3) is 11.5 Å². The zero-order valence-electron chi connectivity index (χ0n) is 19.9. The van der Waals surface area contributed by atoms with E-state index in [0.29, 0.717) is 72.2 Å². The predicted octanol–water partition coefficient (Wildman–Crippen LogP) is 2.13. The number of pyridine rings is 1. The minimum Gasteiger partial charge on any atom is -0.450 e. The zero-order chi connectivity index (χ0) is 25.1. The van der Waals surface area contributed by atoms with Crippen LogP contribution in [0.5, 0.6) is 0 Å². The van der Waals surface area contributed by atoms with Crippen molar-refractivity contribution in [3.63, 3.8) is 0 Å². The van der Waals surface area contributed by atoms with E-state index in [2.05, 4.69) is 0 Å². The van der Waals surface area contributed by atoms with Gasteiger partial charge >= 0.3 is 6.09 Å². The topological polar surface area (TPSA) is 96.7 Å². The minimum absolute atomic E-state index is 0.260. The maximum absolute atomic E-state index is 13.6. The van der Waals surface area contributed by atoms with Crippen LogP contribution in [0.15, 0.2) is 28.0 Å². The van der Waals surface area contributed by atoms with Crippen molar-refractivity contribution in [2.45, 2.75) is 13.8 Å². The number of amides is 2. The summed E-state index contributed by atoms with van der Waals surface area (Å²) in [7, 11) is 1.56. The van der Waals surface area contributed by atoms with E-state index in [1.54, 1.807) is 37.3 Å². The summed E-state index contributed by atoms with van der Waals surface area (Å²) >= 11 is 6.54. The van der Waals surface area contributed by atoms with Crippen LogP contribution in [0.25, 0.3) is 11.7 Å². The van der Waals surface area contributed by atoms with Crippen LogP contribution in [0.2, 0.25) is 0 Å². The highest BCUT2D eigenvalue weighted by molar-refractivity contribution is 8.26. The highest BCUT2D eigenvalue weighted by Crippen LogP contribution is 2.33. The lowest BCUT2D eigenvalue weighted by molar-refractivity contribution is -0.122. The molecule has 0 radical (unpaired) electrons. The van der Waals surface area contributed by atoms with Gasteiger partial charge < -0.3 is 19.3 Å². The number of rotatable bonds is 6. The molecular weight excluding hydrogens is 490 g/mol. The fourth-order valence-electron chi connectivity index (χ4n) is 3.94. The number of hydrogen-bond acceptors (Lipinski definition) is 9. The van der Waals surface area contributed by atoms with Crippen LogP contribution in [0.4, 0.5) is 10.6 Å². The molecule has 12 heteroatoms. The number of fused-ring (bicyclic) bond motifs is 1. The Labute approximate surface area is 212 Å². The average Bonchev–Trinajstić information content (AvgIpc) is 3.12. The highest BCUT2D eigenvalue weighted by Gasteiger charge is 2.33. The van der Waals surface area contributed by atoms with Crippen molar-refractivity contribution in [2.24, 2.45) is 0 Å². The van der Waals surface area contributed by atoms with E-state index < -0.39 is 0 Å². The molecule has 0 aliphatic carbocycles. The fraction of sp³-hybridized carbons (Fsp3) is 0.435. The monoisotopic (exact) mass is 517 g/mol. The second kappa shape index (κ2) is 10.8. The number of aryl methyl sites for hydroxylation is 1. The summed E-state index contributed by atoms with van der Waals surface area (Å²) in [6.07, 6.45) is 2.96. The van der Waals surface area contributed by atoms with Crippen LogP contribution in [0.3, 0.4) is 0 Å². The summed E-state index contributed by atoms with van der Waals surface area (Å²) < 4.78 is 12.1. The van der Waals surface area contributed by atoms with E-state index >= 15 is 0 Å². The molecule has 2 fully saturated rings. The zero-order valence-corrected chi connectivity index (χ0v) is 21.5. The van der Waals surface area contributed by atoms with Crippen molar-refractivity contribution in [1.29, 1.82) is 0 Å². The summed E-state index contributed by atoms with van der Waals surface area (Å²) in [6, 6.07) is 3.69. The number of anilines is 1. The number of piperazine rings is 1. The summed E-state index contributed by atoms with van der Waals surface area (Å²) in [6.45, 7) is 6.50. The van der Waals surface area contributed by atoms with Crippen LogP contribution in [0.1, 0.15) is 18.1 Å². The first-order valence-corrected chi connectivity index (χ1v) is 12.5. The SMILES string of the molecule is CCOC(=O)N1CCN(c2nc3ccc(C)cn3c(=O)c2C=C2SC(=S)N(CCOC)C2=O)CC1. The molecule has 2 aromatic rings. The molecular formula is C23H27N5O5S2. The molecule has 2 aromatic heterocycles. The number of hydrogen-bond donors (Lipinski definition) is 0. The number of aromatic nitrogens is 2. The lowest BCUT2D eigenvalue weighted by atomic mass is 10.2. The number of thioether (sulfide) groups is 1. The molecule has 0 saturated carbocycles. The van der Waals surface area contributed by atoms with Crippen molar-refractivity contribution in [1.82, 2.24) is 19.2 Å². The van der Waals surface area contributed by atoms with Gasteiger partial charge in [-0.05, 0) is 31.6 Å². The Morgan fingerprint density at radius 1 is 1.23 bits per heavy atom. The van der Waals surface area contributed by atoms with Crippen LogP contribution >= 0.6 is 24.0 Å². The quantitative estimate of drug-likeness (QED) is 0.422. The van der Waals surface area contributed by atoms with E-state index in [0.717, 1.165) is 17.3 Å². The first kappa shape index (κ1) is 25.1. The van der Waals surface area contributed by atoms with E-state index in [9.17, 15) is 14.4 Å². The smallest absolute Gasteiger partial charge is 0.409 e. The summed E-state index contributed by atoms with van der Waals surface area (Å²) in [5, 5.41) is 0. The third kappa shape index (κ3) is 5.19. The maximum Gasteiger partial charge on any atom is 0.409 e. The maximum atomic E-state index is 13.6. The molecule has 2 saturated heterocycles. The second-order valence-corrected chi connectivity index (χ2v) is 9.76. The van der Waals surface area contributed by atoms with Gasteiger partial charge in [0.1, 0.15) is 15.8 Å². The third-order valence-corrected chi connectivity index (χ3v) is 7.14. The highest BCUT2D eigenvalue weighted by atomic mass is 32.2. The standard InChI is InChI=1S/C23H27N5O5S2/c1-4-33-22(31)26-9-7-25(8-10-26)19-16(20(29)28-14-15(2)5-6-18(28)24-19)13-17-21(30)27(11-12-32-3)23(34)35-17/h5-6,13-14H,4,7-12H2,1-3H3. The van der Waals surface area contributed by atoms with Crippen molar-refractivity contribution in [3.8, 4) is 0 Å². The van der Waals surface area contributed by atoms with Gasteiger partial charge in [-0.25, -0.2) is 9.78 Å². The van der Waals surface area contributed by atoms with Crippen molar-refractivity contribution in [2.75, 3.05) is 57.9 Å². The molecule has 35 heavy (non-hydrogen) atoms. The minimum atomic E-state index is -0.353. The van der Waals surface area contributed by atoms with Gasteiger partial charge in [-0.3, -0.25) is 18.9 Å². The largest absolute Gasteiger partial charge is 0.450 e. The van der Waals surface area contributed by atoms with E-state index in [1.165, 1.54) is 9.30 Å². The first-order chi connectivity index (χ1) is 16.8. The molecule has 2 aliphatic rings. The molecule has 0 N–H and O–H groups in total. The molecule has 4 heterocycles. The Balaban J connectivity index is 1.73. The Hall–Kier alpha value is -2.96. The van der Waals surface area contributed by atoms with Gasteiger partial charge in [0, 0.05) is 39.5 Å². The number of methoxy groups -OCH3 is 1. The number of carbonyl (C=O) groups excluding carboxylic acids is 2. The van der Waals surface area contributed by atoms with Gasteiger partial charge in [-0.1, -0.05) is 30.0 Å². The van der Waals surface area contributed by atoms with Crippen LogP contribution in [-0.2, 0) is 14.3 Å². The summed E-state index contributed by atoms with van der Waals surface area (Å²) in [5.41, 5.74) is 1.45. The number of carbonyl (C=O) groups is 2. The molecule has 2 aliphatic heterocycles. The Morgan fingerprint density at radius 2 is 1.97 bits per heavy atom. The van der Waals surface area contributed by atoms with Gasteiger partial charge in [-0.2, -0.15) is 0 Å². The summed E-state index contributed by atoms with van der Waals surface area (Å²) in [4.78, 5) is 49.0. The van der Waals surface area contributed by atoms with Gasteiger partial charge in [0.15, 0.2) is 0 Å². The lowest BCUT2D eigenvalue weighted by Gasteiger charge is -2.35. The molecule has 10 nitrogen and oxygen atoms in total. The van der Waals surface area contributed by atoms with Crippen LogP contribution in [-0.4, -0.2) is 88.6 Å². The van der Waals surface area contributed by atoms with Gasteiger partial charge in [0.2, 0.25) is 0 Å². The molecule has 0 atom stereocenters. The molecule has 186 valence electrons. The van der Waals surface area contributed by atoms with E-state index in [1.807, 2.05) is 17.9 Å². The fourth-order valence-corrected chi connectivity index (χ4v) is 5.23. The summed E-state index contributed by atoms with van der Waals surface area (Å²) in [5.74, 6) is 0.216. The first-order valence-electron chi connectivity index (χ1n) is 11.3. The number of thiocarbonyl (C=S) groups is 1. The Bertz CT molecular complexity index is 1250. The van der Waals surface area contributed by atoms with Crippen molar-refractivity contribution in [3.05, 3.63) is 44.7 Å². The molecule has 4 rings (SSSR count). The van der Waals surface area contributed by atoms with E-state index in [4.69, 9.17) is 26.7 Å². The Kier molecular flexibility index (Phi) is 7.72. The normalized spacial score (nSPS) is 17.7. The third-order valence-electron chi connectivity index (χ3n) is 5.76. The van der Waals surface area contributed by atoms with Crippen molar-refractivity contribution >= 4 is 57.8 Å². The average molecular weight is 518 g/mol. The second-order valence-electron chi connectivity index (χ2n) is 8.09. The van der Waals surface area contributed by atoms with Crippen molar-refractivity contribution < 1.29 is 19.1 Å². The molecule has 2 amide bonds.